The quantitative estimate of drug-likeness (QED) is 0.593. The van der Waals surface area contributed by atoms with E-state index in [1.54, 1.807) is 13.0 Å². The van der Waals surface area contributed by atoms with Crippen LogP contribution in [0.2, 0.25) is 0 Å². The summed E-state index contributed by atoms with van der Waals surface area (Å²) >= 11 is 0. The molecule has 29 heavy (non-hydrogen) atoms. The second kappa shape index (κ2) is 9.39. The number of alkyl halides is 3. The van der Waals surface area contributed by atoms with Gasteiger partial charge in [-0.3, -0.25) is 9.59 Å². The van der Waals surface area contributed by atoms with E-state index in [0.29, 0.717) is 17.8 Å². The highest BCUT2D eigenvalue weighted by Gasteiger charge is 2.29. The highest BCUT2D eigenvalue weighted by atomic mass is 19.4. The zero-order chi connectivity index (χ0) is 21.6. The molecule has 1 aliphatic heterocycles. The molecule has 0 radical (unpaired) electrons. The number of hydrogen-bond donors (Lipinski definition) is 3. The van der Waals surface area contributed by atoms with Crippen molar-refractivity contribution in [1.82, 2.24) is 20.9 Å². The Morgan fingerprint density at radius 2 is 2.07 bits per heavy atom. The molecule has 0 spiro atoms. The average molecular weight is 416 g/mol. The average Bonchev–Trinajstić information content (AvgIpc) is 2.63. The van der Waals surface area contributed by atoms with Crippen LogP contribution in [-0.4, -0.2) is 42.2 Å². The molecule has 2 amide bonds. The van der Waals surface area contributed by atoms with Crippen LogP contribution in [0.1, 0.15) is 30.6 Å². The van der Waals surface area contributed by atoms with E-state index in [-0.39, 0.29) is 24.1 Å². The van der Waals surface area contributed by atoms with Crippen molar-refractivity contribution in [3.63, 3.8) is 0 Å². The van der Waals surface area contributed by atoms with Crippen LogP contribution >= 0.6 is 0 Å². The van der Waals surface area contributed by atoms with E-state index in [1.165, 1.54) is 0 Å². The van der Waals surface area contributed by atoms with Gasteiger partial charge in [0.05, 0.1) is 5.56 Å². The smallest absolute Gasteiger partial charge is 0.422 e. The van der Waals surface area contributed by atoms with E-state index >= 15 is 0 Å². The predicted molar refractivity (Wildman–Crippen MR) is 95.3 cm³/mol. The van der Waals surface area contributed by atoms with Gasteiger partial charge in [-0.1, -0.05) is 13.0 Å². The summed E-state index contributed by atoms with van der Waals surface area (Å²) in [6.45, 7) is 1.97. The Balaban J connectivity index is 1.98. The van der Waals surface area contributed by atoms with Crippen molar-refractivity contribution in [3.8, 4) is 5.88 Å². The molecule has 0 aromatic carbocycles. The predicted octanol–water partition coefficient (Wildman–Crippen LogP) is 2.18. The second-order valence-corrected chi connectivity index (χ2v) is 6.23. The van der Waals surface area contributed by atoms with Crippen LogP contribution in [-0.2, 0) is 4.79 Å². The van der Waals surface area contributed by atoms with Crippen molar-refractivity contribution in [3.05, 3.63) is 47.2 Å². The first-order valence-corrected chi connectivity index (χ1v) is 8.69. The van der Waals surface area contributed by atoms with E-state index < -0.39 is 30.4 Å². The third-order valence-corrected chi connectivity index (χ3v) is 3.67. The normalized spacial score (nSPS) is 16.3. The molecule has 0 aliphatic carbocycles. The molecule has 1 aliphatic rings. The minimum Gasteiger partial charge on any atom is -0.466 e. The monoisotopic (exact) mass is 416 g/mol. The Hall–Kier alpha value is -3.11. The summed E-state index contributed by atoms with van der Waals surface area (Å²) in [7, 11) is 0. The number of carbonyl (C=O) groups excluding carboxylic acids is 2. The van der Waals surface area contributed by atoms with Gasteiger partial charge in [-0.25, -0.2) is 9.37 Å². The molecular formula is C18H20F4N4O3. The summed E-state index contributed by atoms with van der Waals surface area (Å²) in [6.07, 6.45) is 0.0825. The Labute approximate surface area is 164 Å². The lowest BCUT2D eigenvalue weighted by Crippen LogP contribution is -2.38. The molecule has 3 N–H and O–H groups in total. The summed E-state index contributed by atoms with van der Waals surface area (Å²) in [5.41, 5.74) is 0.530. The third-order valence-electron chi connectivity index (χ3n) is 3.67. The van der Waals surface area contributed by atoms with Crippen molar-refractivity contribution < 1.29 is 31.9 Å². The first kappa shape index (κ1) is 22.2. The molecule has 0 bridgehead atoms. The summed E-state index contributed by atoms with van der Waals surface area (Å²) < 4.78 is 54.5. The van der Waals surface area contributed by atoms with Crippen LogP contribution in [0.15, 0.2) is 35.8 Å². The maximum Gasteiger partial charge on any atom is 0.422 e. The van der Waals surface area contributed by atoms with Crippen molar-refractivity contribution in [2.45, 2.75) is 32.5 Å². The first-order chi connectivity index (χ1) is 13.6. The maximum absolute atomic E-state index is 13.8. The molecule has 158 valence electrons. The van der Waals surface area contributed by atoms with Crippen molar-refractivity contribution in [2.24, 2.45) is 0 Å². The number of nitrogens with zero attached hydrogens (tertiary/aromatic N) is 1. The highest BCUT2D eigenvalue weighted by molar-refractivity contribution is 5.94. The Morgan fingerprint density at radius 3 is 2.69 bits per heavy atom. The number of carbonyl (C=O) groups is 2. The van der Waals surface area contributed by atoms with Crippen LogP contribution < -0.4 is 20.7 Å². The van der Waals surface area contributed by atoms with Crippen LogP contribution in [0, 0.1) is 5.82 Å². The molecule has 0 saturated heterocycles. The standard InChI is InChI=1S/C18H20F4N4O3/c1-3-15(27)26-14-5-11(4-10(2)25-14)7-23-16(28)12-6-13(19)17(24-8-12)29-9-18(20,21)22/h4-6,8,10,25H,3,7,9H2,1-2H3,(H,23,28)(H,26,27). The number of pyridine rings is 1. The fourth-order valence-corrected chi connectivity index (χ4v) is 2.39. The number of dihydropyridines is 1. The molecule has 2 heterocycles. The van der Waals surface area contributed by atoms with Crippen LogP contribution in [0.4, 0.5) is 17.6 Å². The van der Waals surface area contributed by atoms with Gasteiger partial charge in [0.2, 0.25) is 5.91 Å². The number of halogens is 4. The summed E-state index contributed by atoms with van der Waals surface area (Å²) in [5.74, 6) is -2.36. The number of aromatic nitrogens is 1. The lowest BCUT2D eigenvalue weighted by molar-refractivity contribution is -0.154. The van der Waals surface area contributed by atoms with Gasteiger partial charge in [0.15, 0.2) is 12.4 Å². The van der Waals surface area contributed by atoms with Crippen molar-refractivity contribution in [2.75, 3.05) is 13.2 Å². The fourth-order valence-electron chi connectivity index (χ4n) is 2.39. The highest BCUT2D eigenvalue weighted by Crippen LogP contribution is 2.20. The second-order valence-electron chi connectivity index (χ2n) is 6.23. The Bertz CT molecular complexity index is 837. The van der Waals surface area contributed by atoms with E-state index in [1.807, 2.05) is 13.0 Å². The molecule has 1 aromatic heterocycles. The minimum absolute atomic E-state index is 0.0876. The molecule has 7 nitrogen and oxygen atoms in total. The number of nitrogens with one attached hydrogen (secondary N) is 3. The van der Waals surface area contributed by atoms with E-state index in [4.69, 9.17) is 0 Å². The fraction of sp³-hybridized carbons (Fsp3) is 0.389. The summed E-state index contributed by atoms with van der Waals surface area (Å²) in [6, 6.07) is 0.652. The van der Waals surface area contributed by atoms with E-state index in [0.717, 1.165) is 12.3 Å². The Morgan fingerprint density at radius 1 is 1.34 bits per heavy atom. The number of amides is 2. The van der Waals surface area contributed by atoms with Gasteiger partial charge in [0, 0.05) is 25.2 Å². The minimum atomic E-state index is -4.63. The molecule has 2 rings (SSSR count). The molecular weight excluding hydrogens is 396 g/mol. The van der Waals surface area contributed by atoms with Gasteiger partial charge < -0.3 is 20.7 Å². The molecule has 1 aromatic rings. The lowest BCUT2D eigenvalue weighted by atomic mass is 10.1. The largest absolute Gasteiger partial charge is 0.466 e. The van der Waals surface area contributed by atoms with Gasteiger partial charge >= 0.3 is 6.18 Å². The Kier molecular flexibility index (Phi) is 7.18. The van der Waals surface area contributed by atoms with Crippen molar-refractivity contribution in [1.29, 1.82) is 0 Å². The van der Waals surface area contributed by atoms with Gasteiger partial charge in [-0.15, -0.1) is 0 Å². The number of rotatable bonds is 7. The van der Waals surface area contributed by atoms with Crippen LogP contribution in [0.25, 0.3) is 0 Å². The maximum atomic E-state index is 13.8. The lowest BCUT2D eigenvalue weighted by Gasteiger charge is -2.22. The SMILES string of the molecule is CCC(=O)NC1=CC(CNC(=O)c2cnc(OCC(F)(F)F)c(F)c2)=CC(C)N1. The number of hydrogen-bond acceptors (Lipinski definition) is 5. The summed E-state index contributed by atoms with van der Waals surface area (Å²) in [4.78, 5) is 27.1. The van der Waals surface area contributed by atoms with Gasteiger partial charge in [0.25, 0.3) is 11.8 Å². The molecule has 0 fully saturated rings. The third kappa shape index (κ3) is 7.09. The van der Waals surface area contributed by atoms with Gasteiger partial charge in [-0.05, 0) is 24.6 Å². The number of ether oxygens (including phenoxy) is 1. The van der Waals surface area contributed by atoms with Crippen molar-refractivity contribution >= 4 is 11.8 Å². The topological polar surface area (TPSA) is 92.4 Å². The van der Waals surface area contributed by atoms with Crippen LogP contribution in [0.3, 0.4) is 0 Å². The molecule has 0 saturated carbocycles. The summed E-state index contributed by atoms with van der Waals surface area (Å²) in [5, 5.41) is 8.30. The van der Waals surface area contributed by atoms with Gasteiger partial charge in [0.1, 0.15) is 5.82 Å². The van der Waals surface area contributed by atoms with Gasteiger partial charge in [-0.2, -0.15) is 13.2 Å². The zero-order valence-electron chi connectivity index (χ0n) is 15.7. The molecule has 11 heteroatoms. The van der Waals surface area contributed by atoms with E-state index in [9.17, 15) is 27.2 Å². The molecule has 1 atom stereocenters. The zero-order valence-corrected chi connectivity index (χ0v) is 15.7. The van der Waals surface area contributed by atoms with Crippen LogP contribution in [0.5, 0.6) is 5.88 Å². The molecule has 1 unspecified atom stereocenters. The van der Waals surface area contributed by atoms with E-state index in [2.05, 4.69) is 25.7 Å². The first-order valence-electron chi connectivity index (χ1n) is 8.69.